The third kappa shape index (κ3) is 2.74. The Kier molecular flexibility index (Phi) is 4.04. The van der Waals surface area contributed by atoms with E-state index in [1.165, 1.54) is 12.1 Å². The number of hydrogen-bond donors (Lipinski definition) is 0. The summed E-state index contributed by atoms with van der Waals surface area (Å²) in [4.78, 5) is 5.98. The Hall–Kier alpha value is -1.32. The smallest absolute Gasteiger partial charge is 0.133 e. The zero-order valence-corrected chi connectivity index (χ0v) is 11.2. The molecule has 0 fully saturated rings. The van der Waals surface area contributed by atoms with Gasteiger partial charge in [-0.3, -0.25) is 0 Å². The van der Waals surface area contributed by atoms with Gasteiger partial charge in [-0.25, -0.2) is 9.37 Å². The maximum absolute atomic E-state index is 13.2. The third-order valence-electron chi connectivity index (χ3n) is 2.60. The van der Waals surface area contributed by atoms with E-state index in [9.17, 15) is 4.39 Å². The lowest BCUT2D eigenvalue weighted by Crippen LogP contribution is -2.11. The molecule has 2 rings (SSSR count). The van der Waals surface area contributed by atoms with Crippen LogP contribution in [0.25, 0.3) is 0 Å². The average molecular weight is 285 g/mol. The Morgan fingerprint density at radius 3 is 2.78 bits per heavy atom. The molecular formula is C13H11Cl2FN2. The second-order valence-electron chi connectivity index (χ2n) is 3.81. The largest absolute Gasteiger partial charge is 0.329 e. The molecule has 0 radical (unpaired) electrons. The van der Waals surface area contributed by atoms with Gasteiger partial charge in [-0.15, -0.1) is 11.6 Å². The van der Waals surface area contributed by atoms with Gasteiger partial charge in [0.1, 0.15) is 11.6 Å². The first kappa shape index (κ1) is 13.1. The van der Waals surface area contributed by atoms with Crippen LogP contribution in [0.1, 0.15) is 5.56 Å². The van der Waals surface area contributed by atoms with Crippen LogP contribution in [0.3, 0.4) is 0 Å². The zero-order chi connectivity index (χ0) is 13.1. The fraction of sp³-hybridized carbons (Fsp3) is 0.154. The van der Waals surface area contributed by atoms with Crippen LogP contribution in [0.2, 0.25) is 5.02 Å². The van der Waals surface area contributed by atoms with Crippen molar-refractivity contribution in [3.05, 3.63) is 52.9 Å². The molecule has 1 heterocycles. The predicted molar refractivity (Wildman–Crippen MR) is 73.3 cm³/mol. The van der Waals surface area contributed by atoms with Crippen LogP contribution in [0, 0.1) is 5.82 Å². The molecule has 0 atom stereocenters. The lowest BCUT2D eigenvalue weighted by atomic mass is 10.2. The van der Waals surface area contributed by atoms with Crippen molar-refractivity contribution in [2.75, 3.05) is 11.9 Å². The van der Waals surface area contributed by atoms with Gasteiger partial charge in [0.15, 0.2) is 0 Å². The highest BCUT2D eigenvalue weighted by Gasteiger charge is 2.09. The lowest BCUT2D eigenvalue weighted by molar-refractivity contribution is 0.628. The molecule has 0 N–H and O–H groups in total. The molecule has 0 bridgehead atoms. The molecule has 1 aromatic heterocycles. The normalized spacial score (nSPS) is 10.4. The van der Waals surface area contributed by atoms with Gasteiger partial charge < -0.3 is 4.90 Å². The van der Waals surface area contributed by atoms with Gasteiger partial charge >= 0.3 is 0 Å². The fourth-order valence-corrected chi connectivity index (χ4v) is 2.03. The summed E-state index contributed by atoms with van der Waals surface area (Å²) in [7, 11) is 1.81. The standard InChI is InChI=1S/C13H11Cl2FN2/c1-18(11-4-2-3-10(16)6-11)13-5-9(7-14)12(15)8-17-13/h2-6,8H,7H2,1H3. The minimum absolute atomic E-state index is 0.286. The van der Waals surface area contributed by atoms with Crippen LogP contribution in [0.5, 0.6) is 0 Å². The Bertz CT molecular complexity index is 560. The number of aromatic nitrogens is 1. The first-order valence-corrected chi connectivity index (χ1v) is 6.22. The molecule has 0 aliphatic rings. The van der Waals surface area contributed by atoms with Crippen LogP contribution < -0.4 is 4.90 Å². The molecule has 5 heteroatoms. The summed E-state index contributed by atoms with van der Waals surface area (Å²) >= 11 is 11.7. The number of pyridine rings is 1. The number of rotatable bonds is 3. The topological polar surface area (TPSA) is 16.1 Å². The second kappa shape index (κ2) is 5.55. The highest BCUT2D eigenvalue weighted by molar-refractivity contribution is 6.32. The molecule has 0 amide bonds. The second-order valence-corrected chi connectivity index (χ2v) is 4.48. The number of hydrogen-bond acceptors (Lipinski definition) is 2. The van der Waals surface area contributed by atoms with Gasteiger partial charge in [0.2, 0.25) is 0 Å². The molecular weight excluding hydrogens is 274 g/mol. The van der Waals surface area contributed by atoms with E-state index in [1.807, 2.05) is 7.05 Å². The van der Waals surface area contributed by atoms with E-state index in [-0.39, 0.29) is 5.82 Å². The van der Waals surface area contributed by atoms with Crippen molar-refractivity contribution in [1.29, 1.82) is 0 Å². The van der Waals surface area contributed by atoms with E-state index in [0.717, 1.165) is 5.56 Å². The van der Waals surface area contributed by atoms with E-state index >= 15 is 0 Å². The van der Waals surface area contributed by atoms with Crippen molar-refractivity contribution >= 4 is 34.7 Å². The van der Waals surface area contributed by atoms with E-state index in [4.69, 9.17) is 23.2 Å². The molecule has 0 saturated heterocycles. The van der Waals surface area contributed by atoms with E-state index in [1.54, 1.807) is 29.3 Å². The molecule has 2 nitrogen and oxygen atoms in total. The maximum Gasteiger partial charge on any atom is 0.133 e. The van der Waals surface area contributed by atoms with Gasteiger partial charge in [0, 0.05) is 24.8 Å². The van der Waals surface area contributed by atoms with E-state index in [0.29, 0.717) is 22.4 Å². The Morgan fingerprint density at radius 1 is 1.33 bits per heavy atom. The average Bonchev–Trinajstić information content (AvgIpc) is 2.38. The molecule has 0 aliphatic heterocycles. The highest BCUT2D eigenvalue weighted by Crippen LogP contribution is 2.26. The van der Waals surface area contributed by atoms with Crippen molar-refractivity contribution < 1.29 is 4.39 Å². The maximum atomic E-state index is 13.2. The van der Waals surface area contributed by atoms with Crippen LogP contribution in [0.4, 0.5) is 15.9 Å². The molecule has 0 saturated carbocycles. The Labute approximate surface area is 115 Å². The van der Waals surface area contributed by atoms with Gasteiger partial charge in [-0.2, -0.15) is 0 Å². The van der Waals surface area contributed by atoms with Gasteiger partial charge in [-0.1, -0.05) is 17.7 Å². The Balaban J connectivity index is 2.36. The van der Waals surface area contributed by atoms with Crippen LogP contribution >= 0.6 is 23.2 Å². The number of nitrogens with zero attached hydrogens (tertiary/aromatic N) is 2. The fourth-order valence-electron chi connectivity index (χ4n) is 1.57. The molecule has 18 heavy (non-hydrogen) atoms. The van der Waals surface area contributed by atoms with E-state index < -0.39 is 0 Å². The third-order valence-corrected chi connectivity index (χ3v) is 3.23. The minimum Gasteiger partial charge on any atom is -0.329 e. The molecule has 2 aromatic rings. The SMILES string of the molecule is CN(c1cccc(F)c1)c1cc(CCl)c(Cl)cn1. The summed E-state index contributed by atoms with van der Waals surface area (Å²) in [6.45, 7) is 0. The summed E-state index contributed by atoms with van der Waals surface area (Å²) in [5.74, 6) is 0.692. The first-order valence-electron chi connectivity index (χ1n) is 5.31. The van der Waals surface area contributed by atoms with Gasteiger partial charge in [-0.05, 0) is 29.8 Å². The summed E-state index contributed by atoms with van der Waals surface area (Å²) in [5.41, 5.74) is 1.51. The van der Waals surface area contributed by atoms with Gasteiger partial charge in [0.25, 0.3) is 0 Å². The van der Waals surface area contributed by atoms with Crippen LogP contribution in [-0.4, -0.2) is 12.0 Å². The van der Waals surface area contributed by atoms with Crippen LogP contribution in [0.15, 0.2) is 36.5 Å². The molecule has 94 valence electrons. The lowest BCUT2D eigenvalue weighted by Gasteiger charge is -2.19. The zero-order valence-electron chi connectivity index (χ0n) is 9.70. The van der Waals surface area contributed by atoms with Crippen molar-refractivity contribution in [2.24, 2.45) is 0 Å². The predicted octanol–water partition coefficient (Wildman–Crippen LogP) is 4.38. The highest BCUT2D eigenvalue weighted by atomic mass is 35.5. The van der Waals surface area contributed by atoms with Crippen LogP contribution in [-0.2, 0) is 5.88 Å². The monoisotopic (exact) mass is 284 g/mol. The van der Waals surface area contributed by atoms with Crippen molar-refractivity contribution in [2.45, 2.75) is 5.88 Å². The number of anilines is 2. The summed E-state index contributed by atoms with van der Waals surface area (Å²) < 4.78 is 13.2. The number of halogens is 3. The van der Waals surface area contributed by atoms with Gasteiger partial charge in [0.05, 0.1) is 5.02 Å². The van der Waals surface area contributed by atoms with E-state index in [2.05, 4.69) is 4.98 Å². The molecule has 0 spiro atoms. The first-order chi connectivity index (χ1) is 8.61. The number of benzene rings is 1. The number of alkyl halides is 1. The molecule has 0 aliphatic carbocycles. The van der Waals surface area contributed by atoms with Crippen molar-refractivity contribution in [3.63, 3.8) is 0 Å². The quantitative estimate of drug-likeness (QED) is 0.778. The minimum atomic E-state index is -0.286. The summed E-state index contributed by atoms with van der Waals surface area (Å²) in [6.07, 6.45) is 1.55. The molecule has 1 aromatic carbocycles. The molecule has 0 unspecified atom stereocenters. The van der Waals surface area contributed by atoms with Crippen molar-refractivity contribution in [3.8, 4) is 0 Å². The summed E-state index contributed by atoms with van der Waals surface area (Å²) in [5, 5.41) is 0.529. The summed E-state index contributed by atoms with van der Waals surface area (Å²) in [6, 6.07) is 8.09. The Morgan fingerprint density at radius 2 is 2.11 bits per heavy atom. The van der Waals surface area contributed by atoms with Crippen molar-refractivity contribution in [1.82, 2.24) is 4.98 Å².